The van der Waals surface area contributed by atoms with Gasteiger partial charge in [-0.3, -0.25) is 4.79 Å². The topological polar surface area (TPSA) is 59.6 Å². The Hall–Kier alpha value is -3.44. The van der Waals surface area contributed by atoms with E-state index in [2.05, 4.69) is 24.5 Å². The van der Waals surface area contributed by atoms with Gasteiger partial charge in [-0.2, -0.15) is 0 Å². The summed E-state index contributed by atoms with van der Waals surface area (Å²) in [6.07, 6.45) is 1.31. The summed E-state index contributed by atoms with van der Waals surface area (Å²) in [5.41, 5.74) is 4.42. The molecule has 2 aliphatic rings. The SMILES string of the molecule is COc1ccc(Oc2ccc3c(c2)NC(c2ccc(Cl)cc2)C2=C(CC(C)(C)CC2=O)N3)cc1. The number of methoxy groups -OCH3 is 1. The molecule has 0 spiro atoms. The lowest BCUT2D eigenvalue weighted by Crippen LogP contribution is -2.31. The summed E-state index contributed by atoms with van der Waals surface area (Å²) in [7, 11) is 1.64. The molecule has 1 heterocycles. The number of allylic oxidation sites excluding steroid dienone is 1. The molecule has 174 valence electrons. The first kappa shape index (κ1) is 22.4. The first-order valence-electron chi connectivity index (χ1n) is 11.3. The molecular formula is C28H27ClN2O3. The molecule has 2 N–H and O–H groups in total. The molecule has 6 heteroatoms. The van der Waals surface area contributed by atoms with Crippen LogP contribution in [-0.4, -0.2) is 12.9 Å². The number of halogens is 1. The van der Waals surface area contributed by atoms with Crippen LogP contribution in [0.4, 0.5) is 11.4 Å². The monoisotopic (exact) mass is 474 g/mol. The van der Waals surface area contributed by atoms with Gasteiger partial charge in [0.05, 0.1) is 24.5 Å². The number of ketones is 1. The van der Waals surface area contributed by atoms with Crippen LogP contribution < -0.4 is 20.1 Å². The molecule has 0 saturated carbocycles. The van der Waals surface area contributed by atoms with Crippen LogP contribution >= 0.6 is 11.6 Å². The average molecular weight is 475 g/mol. The Bertz CT molecular complexity index is 1260. The van der Waals surface area contributed by atoms with Crippen molar-refractivity contribution in [2.75, 3.05) is 17.7 Å². The van der Waals surface area contributed by atoms with E-state index < -0.39 is 0 Å². The van der Waals surface area contributed by atoms with E-state index in [1.54, 1.807) is 7.11 Å². The number of fused-ring (bicyclic) bond motifs is 1. The fourth-order valence-corrected chi connectivity index (χ4v) is 4.80. The van der Waals surface area contributed by atoms with Gasteiger partial charge in [0, 0.05) is 28.8 Å². The molecule has 5 nitrogen and oxygen atoms in total. The summed E-state index contributed by atoms with van der Waals surface area (Å²) < 4.78 is 11.3. The summed E-state index contributed by atoms with van der Waals surface area (Å²) in [5, 5.41) is 7.84. The van der Waals surface area contributed by atoms with E-state index in [1.165, 1.54) is 0 Å². The number of hydrogen-bond acceptors (Lipinski definition) is 5. The molecule has 34 heavy (non-hydrogen) atoms. The number of carbonyl (C=O) groups excluding carboxylic acids is 1. The Kier molecular flexibility index (Phi) is 5.74. The van der Waals surface area contributed by atoms with Gasteiger partial charge in [-0.05, 0) is 65.9 Å². The van der Waals surface area contributed by atoms with E-state index in [9.17, 15) is 4.79 Å². The van der Waals surface area contributed by atoms with E-state index in [1.807, 2.05) is 66.7 Å². The van der Waals surface area contributed by atoms with Crippen molar-refractivity contribution in [2.24, 2.45) is 5.41 Å². The zero-order valence-electron chi connectivity index (χ0n) is 19.4. The van der Waals surface area contributed by atoms with E-state index in [0.29, 0.717) is 22.9 Å². The molecule has 1 aliphatic heterocycles. The van der Waals surface area contributed by atoms with Crippen molar-refractivity contribution < 1.29 is 14.3 Å². The van der Waals surface area contributed by atoms with Crippen LogP contribution in [0.25, 0.3) is 0 Å². The van der Waals surface area contributed by atoms with Crippen LogP contribution in [0.5, 0.6) is 17.2 Å². The molecule has 1 aliphatic carbocycles. The number of carbonyl (C=O) groups is 1. The van der Waals surface area contributed by atoms with Crippen LogP contribution in [0.2, 0.25) is 5.02 Å². The van der Waals surface area contributed by atoms with Crippen molar-refractivity contribution in [2.45, 2.75) is 32.7 Å². The van der Waals surface area contributed by atoms with Crippen LogP contribution in [0.15, 0.2) is 78.0 Å². The van der Waals surface area contributed by atoms with Gasteiger partial charge < -0.3 is 20.1 Å². The van der Waals surface area contributed by atoms with Gasteiger partial charge in [0.2, 0.25) is 0 Å². The molecule has 1 unspecified atom stereocenters. The maximum atomic E-state index is 13.4. The van der Waals surface area contributed by atoms with E-state index in [4.69, 9.17) is 21.1 Å². The second-order valence-electron chi connectivity index (χ2n) is 9.57. The Labute approximate surface area is 204 Å². The molecule has 0 amide bonds. The minimum Gasteiger partial charge on any atom is -0.497 e. The smallest absolute Gasteiger partial charge is 0.163 e. The number of Topliss-reactive ketones (excluding diaryl/α,β-unsaturated/α-hetero) is 1. The van der Waals surface area contributed by atoms with E-state index in [0.717, 1.165) is 40.4 Å². The second kappa shape index (κ2) is 8.73. The van der Waals surface area contributed by atoms with Crippen molar-refractivity contribution in [3.8, 4) is 17.2 Å². The molecule has 3 aromatic rings. The van der Waals surface area contributed by atoms with Crippen molar-refractivity contribution in [3.63, 3.8) is 0 Å². The van der Waals surface area contributed by atoms with E-state index >= 15 is 0 Å². The fourth-order valence-electron chi connectivity index (χ4n) is 4.67. The molecule has 0 fully saturated rings. The van der Waals surface area contributed by atoms with Crippen LogP contribution in [0.3, 0.4) is 0 Å². The van der Waals surface area contributed by atoms with Crippen molar-refractivity contribution in [3.05, 3.63) is 88.6 Å². The number of rotatable bonds is 4. The highest BCUT2D eigenvalue weighted by Gasteiger charge is 2.38. The first-order chi connectivity index (χ1) is 16.3. The minimum atomic E-state index is -0.291. The van der Waals surface area contributed by atoms with Gasteiger partial charge in [0.15, 0.2) is 5.78 Å². The maximum Gasteiger partial charge on any atom is 0.163 e. The Morgan fingerprint density at radius 1 is 0.882 bits per heavy atom. The van der Waals surface area contributed by atoms with Gasteiger partial charge in [-0.25, -0.2) is 0 Å². The van der Waals surface area contributed by atoms with Gasteiger partial charge in [-0.1, -0.05) is 37.6 Å². The maximum absolute atomic E-state index is 13.4. The number of benzene rings is 3. The third-order valence-corrected chi connectivity index (χ3v) is 6.54. The van der Waals surface area contributed by atoms with Gasteiger partial charge in [0.25, 0.3) is 0 Å². The first-order valence-corrected chi connectivity index (χ1v) is 11.7. The van der Waals surface area contributed by atoms with Gasteiger partial charge in [-0.15, -0.1) is 0 Å². The lowest BCUT2D eigenvalue weighted by atomic mass is 9.73. The third kappa shape index (κ3) is 4.48. The third-order valence-electron chi connectivity index (χ3n) is 6.28. The Balaban J connectivity index is 1.53. The summed E-state index contributed by atoms with van der Waals surface area (Å²) in [5.74, 6) is 2.34. The lowest BCUT2D eigenvalue weighted by molar-refractivity contribution is -0.118. The highest BCUT2D eigenvalue weighted by atomic mass is 35.5. The zero-order chi connectivity index (χ0) is 23.9. The highest BCUT2D eigenvalue weighted by Crippen LogP contribution is 2.46. The second-order valence-corrected chi connectivity index (χ2v) is 10.0. The number of ether oxygens (including phenoxy) is 2. The summed E-state index contributed by atoms with van der Waals surface area (Å²) in [6, 6.07) is 20.7. The normalized spacial score (nSPS) is 18.7. The number of hydrogen-bond donors (Lipinski definition) is 2. The van der Waals surface area contributed by atoms with Crippen LogP contribution in [-0.2, 0) is 4.79 Å². The van der Waals surface area contributed by atoms with Crippen LogP contribution in [0, 0.1) is 5.41 Å². The molecule has 5 rings (SSSR count). The molecule has 0 bridgehead atoms. The largest absolute Gasteiger partial charge is 0.497 e. The summed E-state index contributed by atoms with van der Waals surface area (Å²) >= 11 is 6.15. The number of nitrogens with one attached hydrogen (secondary N) is 2. The molecule has 3 aromatic carbocycles. The quantitative estimate of drug-likeness (QED) is 0.413. The summed E-state index contributed by atoms with van der Waals surface area (Å²) in [6.45, 7) is 4.28. The van der Waals surface area contributed by atoms with Crippen molar-refractivity contribution in [1.82, 2.24) is 0 Å². The lowest BCUT2D eigenvalue weighted by Gasteiger charge is -2.34. The molecule has 0 radical (unpaired) electrons. The summed E-state index contributed by atoms with van der Waals surface area (Å²) in [4.78, 5) is 13.4. The molecule has 0 saturated heterocycles. The Morgan fingerprint density at radius 3 is 2.26 bits per heavy atom. The minimum absolute atomic E-state index is 0.102. The predicted octanol–water partition coefficient (Wildman–Crippen LogP) is 7.36. The van der Waals surface area contributed by atoms with Crippen molar-refractivity contribution in [1.29, 1.82) is 0 Å². The van der Waals surface area contributed by atoms with Crippen LogP contribution in [0.1, 0.15) is 38.3 Å². The number of anilines is 2. The molecule has 1 atom stereocenters. The van der Waals surface area contributed by atoms with Gasteiger partial charge in [0.1, 0.15) is 17.2 Å². The fraction of sp³-hybridized carbons (Fsp3) is 0.250. The molecular weight excluding hydrogens is 448 g/mol. The molecule has 0 aromatic heterocycles. The standard InChI is InChI=1S/C28H27ClN2O3/c1-28(2)15-24-26(25(32)16-28)27(17-4-6-18(29)7-5-17)31-23-14-21(12-13-22(23)30-24)34-20-10-8-19(33-3)9-11-20/h4-14,27,30-31H,15-16H2,1-3H3. The average Bonchev–Trinajstić information content (AvgIpc) is 2.95. The van der Waals surface area contributed by atoms with E-state index in [-0.39, 0.29) is 17.2 Å². The van der Waals surface area contributed by atoms with Gasteiger partial charge >= 0.3 is 0 Å². The predicted molar refractivity (Wildman–Crippen MR) is 136 cm³/mol. The van der Waals surface area contributed by atoms with Crippen molar-refractivity contribution >= 4 is 28.8 Å². The highest BCUT2D eigenvalue weighted by molar-refractivity contribution is 6.30. The zero-order valence-corrected chi connectivity index (χ0v) is 20.2. The Morgan fingerprint density at radius 2 is 1.56 bits per heavy atom.